The Morgan fingerprint density at radius 2 is 2.00 bits per heavy atom. The summed E-state index contributed by atoms with van der Waals surface area (Å²) in [4.78, 5) is 7.22. The minimum Gasteiger partial charge on any atom is -0.305 e. The van der Waals surface area contributed by atoms with Crippen molar-refractivity contribution < 1.29 is 0 Å². The van der Waals surface area contributed by atoms with Gasteiger partial charge in [-0.1, -0.05) is 0 Å². The van der Waals surface area contributed by atoms with Crippen LogP contribution in [-0.2, 0) is 6.42 Å². The number of hydrogen-bond donors (Lipinski definition) is 1. The van der Waals surface area contributed by atoms with Gasteiger partial charge >= 0.3 is 0 Å². The minimum atomic E-state index is 0. The Morgan fingerprint density at radius 3 is 2.68 bits per heavy atom. The molecule has 2 nitrogen and oxygen atoms in total. The van der Waals surface area contributed by atoms with E-state index in [1.54, 1.807) is 0 Å². The second-order valence-electron chi connectivity index (χ2n) is 4.98. The maximum absolute atomic E-state index is 8.26. The van der Waals surface area contributed by atoms with Gasteiger partial charge in [-0.05, 0) is 50.5 Å². The second-order valence-corrected chi connectivity index (χ2v) is 6.30. The van der Waals surface area contributed by atoms with Crippen LogP contribution in [0.25, 0.3) is 0 Å². The van der Waals surface area contributed by atoms with Crippen LogP contribution in [0, 0.1) is 19.3 Å². The van der Waals surface area contributed by atoms with Gasteiger partial charge in [-0.15, -0.1) is 23.7 Å². The van der Waals surface area contributed by atoms with E-state index in [1.807, 2.05) is 23.6 Å². The largest absolute Gasteiger partial charge is 0.305 e. The Kier molecular flexibility index (Phi) is 4.07. The van der Waals surface area contributed by atoms with Crippen LogP contribution in [0.4, 0.5) is 0 Å². The Bertz CT molecular complexity index is 618. The van der Waals surface area contributed by atoms with E-state index in [0.717, 1.165) is 29.8 Å². The predicted molar refractivity (Wildman–Crippen MR) is 83.2 cm³/mol. The zero-order valence-electron chi connectivity index (χ0n) is 11.1. The van der Waals surface area contributed by atoms with Gasteiger partial charge in [-0.3, -0.25) is 4.98 Å². The average Bonchev–Trinajstić information content (AvgIpc) is 2.75. The van der Waals surface area contributed by atoms with Crippen molar-refractivity contribution in [3.63, 3.8) is 0 Å². The second kappa shape index (κ2) is 5.43. The Balaban J connectivity index is 0.00000133. The lowest BCUT2D eigenvalue weighted by Crippen LogP contribution is -2.20. The summed E-state index contributed by atoms with van der Waals surface area (Å²) in [6, 6.07) is 6.38. The molecule has 1 atom stereocenters. The first kappa shape index (κ1) is 14.2. The van der Waals surface area contributed by atoms with Crippen molar-refractivity contribution in [2.45, 2.75) is 32.6 Å². The molecule has 0 saturated heterocycles. The number of nitrogens with zero attached hydrogens (tertiary/aromatic N) is 1. The van der Waals surface area contributed by atoms with Crippen molar-refractivity contribution in [2.75, 3.05) is 0 Å². The van der Waals surface area contributed by atoms with E-state index in [-0.39, 0.29) is 12.4 Å². The van der Waals surface area contributed by atoms with E-state index in [4.69, 9.17) is 5.41 Å². The molecule has 3 rings (SSSR count). The molecule has 1 aliphatic rings. The molecular formula is C15H17ClN2S. The molecule has 2 heterocycles. The molecule has 0 amide bonds. The third-order valence-electron chi connectivity index (χ3n) is 3.59. The monoisotopic (exact) mass is 292 g/mol. The molecule has 4 heteroatoms. The Morgan fingerprint density at radius 1 is 1.21 bits per heavy atom. The van der Waals surface area contributed by atoms with Gasteiger partial charge in [0.2, 0.25) is 0 Å². The summed E-state index contributed by atoms with van der Waals surface area (Å²) in [6.45, 7) is 4.21. The van der Waals surface area contributed by atoms with Crippen LogP contribution in [-0.4, -0.2) is 10.7 Å². The molecule has 2 aromatic rings. The summed E-state index contributed by atoms with van der Waals surface area (Å²) in [5.41, 5.74) is 4.12. The summed E-state index contributed by atoms with van der Waals surface area (Å²) < 4.78 is 0. The number of fused-ring (bicyclic) bond motifs is 1. The van der Waals surface area contributed by atoms with E-state index in [9.17, 15) is 0 Å². The smallest absolute Gasteiger partial charge is 0.0503 e. The molecule has 0 radical (unpaired) electrons. The first-order valence-electron chi connectivity index (χ1n) is 6.24. The molecule has 1 aliphatic carbocycles. The van der Waals surface area contributed by atoms with Crippen molar-refractivity contribution in [3.05, 3.63) is 51.0 Å². The van der Waals surface area contributed by atoms with Crippen LogP contribution in [0.2, 0.25) is 0 Å². The standard InChI is InChI=1S/C15H16N2S.ClH/c1-9-5-6-17-13-8-11(7-12(16)15(9)13)14-4-3-10(2)18-14;/h3-6,11,16H,7-8H2,1-2H3;1H. The van der Waals surface area contributed by atoms with Gasteiger partial charge in [-0.25, -0.2) is 0 Å². The number of nitrogens with one attached hydrogen (secondary N) is 1. The van der Waals surface area contributed by atoms with Crippen LogP contribution in [0.15, 0.2) is 24.4 Å². The molecule has 0 spiro atoms. The SMILES string of the molecule is Cc1ccc(C2CC(=N)c3c(C)ccnc3C2)s1.Cl. The number of rotatable bonds is 1. The van der Waals surface area contributed by atoms with Crippen LogP contribution in [0.5, 0.6) is 0 Å². The maximum atomic E-state index is 8.26. The molecule has 0 fully saturated rings. The molecule has 100 valence electrons. The van der Waals surface area contributed by atoms with Crippen molar-refractivity contribution in [3.8, 4) is 0 Å². The van der Waals surface area contributed by atoms with Crippen molar-refractivity contribution >= 4 is 29.5 Å². The van der Waals surface area contributed by atoms with Gasteiger partial charge in [0.1, 0.15) is 0 Å². The van der Waals surface area contributed by atoms with E-state index in [1.165, 1.54) is 15.3 Å². The normalized spacial score (nSPS) is 17.8. The predicted octanol–water partition coefficient (Wildman–Crippen LogP) is 4.28. The molecule has 0 bridgehead atoms. The van der Waals surface area contributed by atoms with Gasteiger partial charge in [0.15, 0.2) is 0 Å². The number of aryl methyl sites for hydroxylation is 2. The summed E-state index contributed by atoms with van der Waals surface area (Å²) in [5.74, 6) is 0.443. The van der Waals surface area contributed by atoms with Gasteiger partial charge in [0.25, 0.3) is 0 Å². The first-order valence-corrected chi connectivity index (χ1v) is 7.05. The zero-order chi connectivity index (χ0) is 12.7. The van der Waals surface area contributed by atoms with E-state index >= 15 is 0 Å². The van der Waals surface area contributed by atoms with Crippen molar-refractivity contribution in [2.24, 2.45) is 0 Å². The van der Waals surface area contributed by atoms with Crippen LogP contribution in [0.3, 0.4) is 0 Å². The quantitative estimate of drug-likeness (QED) is 0.837. The molecule has 2 aromatic heterocycles. The Hall–Kier alpha value is -1.19. The van der Waals surface area contributed by atoms with E-state index in [2.05, 4.69) is 31.0 Å². The zero-order valence-corrected chi connectivity index (χ0v) is 12.7. The third-order valence-corrected chi connectivity index (χ3v) is 4.76. The molecule has 0 saturated carbocycles. The highest BCUT2D eigenvalue weighted by Crippen LogP contribution is 2.35. The van der Waals surface area contributed by atoms with Gasteiger partial charge in [0, 0.05) is 33.1 Å². The number of aromatic nitrogens is 1. The highest BCUT2D eigenvalue weighted by atomic mass is 35.5. The fourth-order valence-corrected chi connectivity index (χ4v) is 3.69. The number of hydrogen-bond acceptors (Lipinski definition) is 3. The molecule has 1 unspecified atom stereocenters. The summed E-state index contributed by atoms with van der Waals surface area (Å²) in [7, 11) is 0. The number of thiophene rings is 1. The molecule has 19 heavy (non-hydrogen) atoms. The molecule has 0 aliphatic heterocycles. The molecule has 1 N–H and O–H groups in total. The van der Waals surface area contributed by atoms with Gasteiger partial charge < -0.3 is 5.41 Å². The van der Waals surface area contributed by atoms with E-state index in [0.29, 0.717) is 5.92 Å². The lowest BCUT2D eigenvalue weighted by Gasteiger charge is -2.24. The van der Waals surface area contributed by atoms with Crippen LogP contribution >= 0.6 is 23.7 Å². The summed E-state index contributed by atoms with van der Waals surface area (Å²) >= 11 is 1.85. The van der Waals surface area contributed by atoms with Crippen molar-refractivity contribution in [1.82, 2.24) is 4.98 Å². The summed E-state index contributed by atoms with van der Waals surface area (Å²) in [6.07, 6.45) is 3.68. The number of pyridine rings is 1. The summed E-state index contributed by atoms with van der Waals surface area (Å²) in [5, 5.41) is 8.26. The first-order chi connectivity index (χ1) is 8.65. The lowest BCUT2D eigenvalue weighted by atomic mass is 9.83. The topological polar surface area (TPSA) is 36.7 Å². The molecular weight excluding hydrogens is 276 g/mol. The highest BCUT2D eigenvalue weighted by Gasteiger charge is 2.26. The Labute approximate surface area is 123 Å². The van der Waals surface area contributed by atoms with Crippen molar-refractivity contribution in [1.29, 1.82) is 5.41 Å². The minimum absolute atomic E-state index is 0. The van der Waals surface area contributed by atoms with Crippen LogP contribution < -0.4 is 0 Å². The fraction of sp³-hybridized carbons (Fsp3) is 0.333. The molecule has 0 aromatic carbocycles. The third kappa shape index (κ3) is 2.58. The average molecular weight is 293 g/mol. The number of halogens is 1. The van der Waals surface area contributed by atoms with E-state index < -0.39 is 0 Å². The fourth-order valence-electron chi connectivity index (χ4n) is 2.71. The maximum Gasteiger partial charge on any atom is 0.0503 e. The van der Waals surface area contributed by atoms with Gasteiger partial charge in [-0.2, -0.15) is 0 Å². The highest BCUT2D eigenvalue weighted by molar-refractivity contribution is 7.12. The lowest BCUT2D eigenvalue weighted by molar-refractivity contribution is 0.688. The van der Waals surface area contributed by atoms with Gasteiger partial charge in [0.05, 0.1) is 5.69 Å². The van der Waals surface area contributed by atoms with Crippen LogP contribution in [0.1, 0.15) is 38.9 Å².